The fourth-order valence-electron chi connectivity index (χ4n) is 2.95. The molecule has 1 saturated heterocycles. The summed E-state index contributed by atoms with van der Waals surface area (Å²) in [7, 11) is -2.55. The summed E-state index contributed by atoms with van der Waals surface area (Å²) in [5, 5.41) is 9.56. The van der Waals surface area contributed by atoms with Crippen LogP contribution in [0.15, 0.2) is 0 Å². The molecule has 1 heterocycles. The van der Waals surface area contributed by atoms with Crippen LogP contribution < -0.4 is 0 Å². The van der Waals surface area contributed by atoms with E-state index < -0.39 is 9.84 Å². The highest BCUT2D eigenvalue weighted by Crippen LogP contribution is 2.32. The van der Waals surface area contributed by atoms with Crippen LogP contribution >= 0.6 is 0 Å². The first kappa shape index (κ1) is 15.0. The predicted molar refractivity (Wildman–Crippen MR) is 70.6 cm³/mol. The van der Waals surface area contributed by atoms with Crippen molar-refractivity contribution in [1.82, 2.24) is 0 Å². The molecular formula is C13H26O3S. The normalized spacial score (nSPS) is 40.5. The van der Waals surface area contributed by atoms with E-state index in [9.17, 15) is 13.5 Å². The third-order valence-electron chi connectivity index (χ3n) is 3.88. The second kappa shape index (κ2) is 6.19. The van der Waals surface area contributed by atoms with Gasteiger partial charge < -0.3 is 5.11 Å². The third-order valence-corrected chi connectivity index (χ3v) is 5.70. The fraction of sp³-hybridized carbons (Fsp3) is 1.00. The Hall–Kier alpha value is -0.0900. The van der Waals surface area contributed by atoms with E-state index in [1.165, 1.54) is 12.8 Å². The molecular weight excluding hydrogens is 236 g/mol. The van der Waals surface area contributed by atoms with Crippen LogP contribution in [-0.4, -0.2) is 31.1 Å². The van der Waals surface area contributed by atoms with E-state index in [0.29, 0.717) is 23.3 Å². The standard InChI is InChI=1S/C9H18O.C4H8O2S/c1-6-4-7(2)9(10)8(3)5-6;5-7(6)3-1-2-4-7/h6-10H,4-5H2,1-3H3;1-4H2. The molecule has 0 aromatic rings. The molecule has 0 bridgehead atoms. The zero-order chi connectivity index (χ0) is 13.1. The molecule has 0 amide bonds. The molecule has 17 heavy (non-hydrogen) atoms. The average molecular weight is 262 g/mol. The minimum Gasteiger partial charge on any atom is -0.393 e. The van der Waals surface area contributed by atoms with Gasteiger partial charge in [-0.25, -0.2) is 8.42 Å². The molecule has 2 unspecified atom stereocenters. The van der Waals surface area contributed by atoms with Gasteiger partial charge in [0.25, 0.3) is 0 Å². The number of rotatable bonds is 0. The summed E-state index contributed by atoms with van der Waals surface area (Å²) in [4.78, 5) is 0. The molecule has 2 fully saturated rings. The van der Waals surface area contributed by atoms with E-state index in [1.54, 1.807) is 0 Å². The lowest BCUT2D eigenvalue weighted by atomic mass is 9.75. The van der Waals surface area contributed by atoms with Gasteiger partial charge in [0.05, 0.1) is 17.6 Å². The van der Waals surface area contributed by atoms with Gasteiger partial charge in [0.2, 0.25) is 0 Å². The monoisotopic (exact) mass is 262 g/mol. The molecule has 0 aromatic carbocycles. The van der Waals surface area contributed by atoms with Crippen LogP contribution in [0.3, 0.4) is 0 Å². The smallest absolute Gasteiger partial charge is 0.150 e. The largest absolute Gasteiger partial charge is 0.393 e. The van der Waals surface area contributed by atoms with Crippen molar-refractivity contribution in [2.24, 2.45) is 17.8 Å². The van der Waals surface area contributed by atoms with E-state index in [1.807, 2.05) is 0 Å². The molecule has 0 spiro atoms. The van der Waals surface area contributed by atoms with Crippen molar-refractivity contribution >= 4 is 9.84 Å². The molecule has 2 aliphatic rings. The van der Waals surface area contributed by atoms with Crippen LogP contribution in [0.2, 0.25) is 0 Å². The quantitative estimate of drug-likeness (QED) is 0.728. The summed E-state index contributed by atoms with van der Waals surface area (Å²) < 4.78 is 20.9. The Labute approximate surface area is 106 Å². The van der Waals surface area contributed by atoms with E-state index in [4.69, 9.17) is 0 Å². The number of aliphatic hydroxyl groups is 1. The summed E-state index contributed by atoms with van der Waals surface area (Å²) in [6.07, 6.45) is 4.11. The maximum Gasteiger partial charge on any atom is 0.150 e. The van der Waals surface area contributed by atoms with Crippen molar-refractivity contribution in [2.45, 2.75) is 52.6 Å². The van der Waals surface area contributed by atoms with Gasteiger partial charge in [0, 0.05) is 0 Å². The van der Waals surface area contributed by atoms with Crippen molar-refractivity contribution in [1.29, 1.82) is 0 Å². The van der Waals surface area contributed by atoms with Crippen molar-refractivity contribution in [2.75, 3.05) is 11.5 Å². The fourth-order valence-corrected chi connectivity index (χ4v) is 4.44. The molecule has 1 saturated carbocycles. The van der Waals surface area contributed by atoms with Gasteiger partial charge in [0.15, 0.2) is 0 Å². The van der Waals surface area contributed by atoms with Crippen molar-refractivity contribution < 1.29 is 13.5 Å². The van der Waals surface area contributed by atoms with Crippen LogP contribution in [0, 0.1) is 17.8 Å². The minimum absolute atomic E-state index is 0.0452. The average Bonchev–Trinajstić information content (AvgIpc) is 2.60. The lowest BCUT2D eigenvalue weighted by molar-refractivity contribution is 0.0150. The summed E-state index contributed by atoms with van der Waals surface area (Å²) in [6.45, 7) is 6.58. The Morgan fingerprint density at radius 2 is 1.35 bits per heavy atom. The Balaban J connectivity index is 0.000000181. The van der Waals surface area contributed by atoms with Gasteiger partial charge in [-0.15, -0.1) is 0 Å². The predicted octanol–water partition coefficient (Wildman–Crippen LogP) is 2.24. The molecule has 2 atom stereocenters. The number of hydrogen-bond donors (Lipinski definition) is 1. The van der Waals surface area contributed by atoms with E-state index in [-0.39, 0.29) is 6.10 Å². The molecule has 1 aliphatic heterocycles. The van der Waals surface area contributed by atoms with Gasteiger partial charge in [-0.1, -0.05) is 20.8 Å². The molecule has 102 valence electrons. The molecule has 3 nitrogen and oxygen atoms in total. The Morgan fingerprint density at radius 1 is 0.941 bits per heavy atom. The van der Waals surface area contributed by atoms with Crippen LogP contribution in [0.5, 0.6) is 0 Å². The zero-order valence-corrected chi connectivity index (χ0v) is 12.0. The summed E-state index contributed by atoms with van der Waals surface area (Å²) in [6, 6.07) is 0. The Bertz CT molecular complexity index is 300. The molecule has 0 radical (unpaired) electrons. The maximum absolute atomic E-state index is 10.4. The molecule has 1 aliphatic carbocycles. The zero-order valence-electron chi connectivity index (χ0n) is 11.2. The molecule has 2 rings (SSSR count). The van der Waals surface area contributed by atoms with Crippen molar-refractivity contribution in [3.63, 3.8) is 0 Å². The molecule has 1 N–H and O–H groups in total. The summed E-state index contributed by atoms with van der Waals surface area (Å²) in [5.41, 5.74) is 0. The van der Waals surface area contributed by atoms with Crippen LogP contribution in [-0.2, 0) is 9.84 Å². The first-order chi connectivity index (χ1) is 7.82. The van der Waals surface area contributed by atoms with Gasteiger partial charge >= 0.3 is 0 Å². The maximum atomic E-state index is 10.4. The number of hydrogen-bond acceptors (Lipinski definition) is 3. The minimum atomic E-state index is -2.55. The van der Waals surface area contributed by atoms with E-state index in [0.717, 1.165) is 18.8 Å². The van der Waals surface area contributed by atoms with Gasteiger partial charge in [0.1, 0.15) is 9.84 Å². The lowest BCUT2D eigenvalue weighted by Gasteiger charge is -2.34. The van der Waals surface area contributed by atoms with Crippen molar-refractivity contribution in [3.8, 4) is 0 Å². The second-order valence-electron chi connectivity index (χ2n) is 5.88. The molecule has 0 aromatic heterocycles. The summed E-state index contributed by atoms with van der Waals surface area (Å²) in [5.74, 6) is 2.69. The SMILES string of the molecule is CC1CC(C)C(O)C(C)C1.O=S1(=O)CCCC1. The van der Waals surface area contributed by atoms with E-state index in [2.05, 4.69) is 20.8 Å². The van der Waals surface area contributed by atoms with Gasteiger partial charge in [-0.2, -0.15) is 0 Å². The first-order valence-corrected chi connectivity index (χ1v) is 8.52. The highest BCUT2D eigenvalue weighted by molar-refractivity contribution is 7.91. The first-order valence-electron chi connectivity index (χ1n) is 6.70. The van der Waals surface area contributed by atoms with E-state index >= 15 is 0 Å². The second-order valence-corrected chi connectivity index (χ2v) is 8.18. The van der Waals surface area contributed by atoms with Crippen LogP contribution in [0.4, 0.5) is 0 Å². The highest BCUT2D eigenvalue weighted by Gasteiger charge is 2.29. The Kier molecular flexibility index (Phi) is 5.45. The molecule has 4 heteroatoms. The van der Waals surface area contributed by atoms with Gasteiger partial charge in [-0.05, 0) is 43.4 Å². The van der Waals surface area contributed by atoms with Gasteiger partial charge in [-0.3, -0.25) is 0 Å². The Morgan fingerprint density at radius 3 is 1.65 bits per heavy atom. The summed E-state index contributed by atoms with van der Waals surface area (Å²) >= 11 is 0. The number of aliphatic hydroxyl groups excluding tert-OH is 1. The van der Waals surface area contributed by atoms with Crippen molar-refractivity contribution in [3.05, 3.63) is 0 Å². The third kappa shape index (κ3) is 4.96. The number of sulfone groups is 1. The van der Waals surface area contributed by atoms with Crippen LogP contribution in [0.1, 0.15) is 46.5 Å². The van der Waals surface area contributed by atoms with Crippen LogP contribution in [0.25, 0.3) is 0 Å². The highest BCUT2D eigenvalue weighted by atomic mass is 32.2. The topological polar surface area (TPSA) is 54.4 Å². The lowest BCUT2D eigenvalue weighted by Crippen LogP contribution is -2.33.